The van der Waals surface area contributed by atoms with Gasteiger partial charge in [-0.1, -0.05) is 6.07 Å². The fraction of sp³-hybridized carbons (Fsp3) is 0.182. The van der Waals surface area contributed by atoms with Crippen LogP contribution in [0.4, 0.5) is 13.2 Å². The lowest BCUT2D eigenvalue weighted by molar-refractivity contribution is -0.135. The highest BCUT2D eigenvalue weighted by atomic mass is 19.4. The van der Waals surface area contributed by atoms with Crippen LogP contribution in [0.5, 0.6) is 5.75 Å². The summed E-state index contributed by atoms with van der Waals surface area (Å²) in [5.41, 5.74) is 0.467. The van der Waals surface area contributed by atoms with Crippen LogP contribution in [0.3, 0.4) is 0 Å². The van der Waals surface area contributed by atoms with Crippen LogP contribution in [0.15, 0.2) is 30.7 Å². The van der Waals surface area contributed by atoms with Crippen LogP contribution in [-0.4, -0.2) is 25.0 Å². The molecule has 4 rings (SSSR count). The first-order chi connectivity index (χ1) is 14.6. The fourth-order valence-electron chi connectivity index (χ4n) is 3.73. The maximum atomic E-state index is 14.2. The molecule has 0 atom stereocenters. The van der Waals surface area contributed by atoms with E-state index in [-0.39, 0.29) is 39.2 Å². The van der Waals surface area contributed by atoms with E-state index in [1.807, 2.05) is 6.07 Å². The standard InChI is InChI=1S/C22H16F3N5O/c1-10-4-5-16(31)11(2)17(10)15-9-29-21-18(14(15)6-26)19(22(23,24)25)20(30-21)13-7-27-12(3)28-8-13/h4-5,7-9,31H,1-3H3,(H,29,30). The highest BCUT2D eigenvalue weighted by Crippen LogP contribution is 2.45. The number of aromatic nitrogens is 4. The molecule has 0 radical (unpaired) electrons. The van der Waals surface area contributed by atoms with Gasteiger partial charge in [-0.25, -0.2) is 15.0 Å². The second kappa shape index (κ2) is 7.09. The molecular weight excluding hydrogens is 407 g/mol. The van der Waals surface area contributed by atoms with Gasteiger partial charge in [-0.05, 0) is 43.5 Å². The molecule has 0 fully saturated rings. The highest BCUT2D eigenvalue weighted by Gasteiger charge is 2.39. The maximum absolute atomic E-state index is 14.2. The van der Waals surface area contributed by atoms with Crippen molar-refractivity contribution in [2.24, 2.45) is 0 Å². The first kappa shape index (κ1) is 20.3. The van der Waals surface area contributed by atoms with E-state index < -0.39 is 11.7 Å². The van der Waals surface area contributed by atoms with Crippen molar-refractivity contribution >= 4 is 11.0 Å². The molecule has 0 bridgehead atoms. The van der Waals surface area contributed by atoms with Gasteiger partial charge in [0.15, 0.2) is 0 Å². The molecule has 3 heterocycles. The number of aromatic amines is 1. The summed E-state index contributed by atoms with van der Waals surface area (Å²) in [6, 6.07) is 5.06. The first-order valence-corrected chi connectivity index (χ1v) is 9.24. The summed E-state index contributed by atoms with van der Waals surface area (Å²) < 4.78 is 42.6. The Morgan fingerprint density at radius 2 is 1.71 bits per heavy atom. The monoisotopic (exact) mass is 423 g/mol. The van der Waals surface area contributed by atoms with E-state index in [1.165, 1.54) is 24.7 Å². The van der Waals surface area contributed by atoms with Gasteiger partial charge in [-0.15, -0.1) is 0 Å². The minimum Gasteiger partial charge on any atom is -0.508 e. The minimum absolute atomic E-state index is 0.0211. The zero-order valence-electron chi connectivity index (χ0n) is 16.8. The van der Waals surface area contributed by atoms with Crippen LogP contribution in [0.2, 0.25) is 0 Å². The Morgan fingerprint density at radius 3 is 2.32 bits per heavy atom. The summed E-state index contributed by atoms with van der Waals surface area (Å²) in [5.74, 6) is 0.397. The summed E-state index contributed by atoms with van der Waals surface area (Å²) in [5, 5.41) is 19.7. The molecule has 0 saturated carbocycles. The molecule has 2 N–H and O–H groups in total. The molecule has 0 spiro atoms. The van der Waals surface area contributed by atoms with E-state index in [0.29, 0.717) is 22.5 Å². The average molecular weight is 423 g/mol. The molecule has 9 heteroatoms. The Morgan fingerprint density at radius 1 is 1.03 bits per heavy atom. The number of halogens is 3. The van der Waals surface area contributed by atoms with E-state index in [9.17, 15) is 23.5 Å². The van der Waals surface area contributed by atoms with Crippen LogP contribution < -0.4 is 0 Å². The normalized spacial score (nSPS) is 11.6. The summed E-state index contributed by atoms with van der Waals surface area (Å²) in [7, 11) is 0. The number of rotatable bonds is 2. The average Bonchev–Trinajstić information content (AvgIpc) is 3.11. The SMILES string of the molecule is Cc1ncc(-c2[nH]c3ncc(-c4c(C)ccc(O)c4C)c(C#N)c3c2C(F)(F)F)cn1. The van der Waals surface area contributed by atoms with Gasteiger partial charge in [-0.3, -0.25) is 0 Å². The van der Waals surface area contributed by atoms with Crippen molar-refractivity contribution in [1.82, 2.24) is 19.9 Å². The van der Waals surface area contributed by atoms with Gasteiger partial charge in [0.25, 0.3) is 0 Å². The molecule has 31 heavy (non-hydrogen) atoms. The van der Waals surface area contributed by atoms with Gasteiger partial charge in [-0.2, -0.15) is 18.4 Å². The van der Waals surface area contributed by atoms with Crippen molar-refractivity contribution in [3.8, 4) is 34.2 Å². The molecule has 0 saturated heterocycles. The van der Waals surface area contributed by atoms with Gasteiger partial charge < -0.3 is 10.1 Å². The lowest BCUT2D eigenvalue weighted by Crippen LogP contribution is -2.07. The Balaban J connectivity index is 2.13. The van der Waals surface area contributed by atoms with Crippen LogP contribution in [0.1, 0.15) is 28.1 Å². The van der Waals surface area contributed by atoms with Crippen molar-refractivity contribution in [3.05, 3.63) is 58.8 Å². The largest absolute Gasteiger partial charge is 0.508 e. The third-order valence-electron chi connectivity index (χ3n) is 5.20. The van der Waals surface area contributed by atoms with E-state index in [1.54, 1.807) is 26.8 Å². The Kier molecular flexibility index (Phi) is 4.65. The lowest BCUT2D eigenvalue weighted by Gasteiger charge is -2.14. The van der Waals surface area contributed by atoms with Gasteiger partial charge in [0.1, 0.15) is 23.3 Å². The number of phenolic OH excluding ortho intramolecular Hbond substituents is 1. The van der Waals surface area contributed by atoms with Crippen LogP contribution in [0, 0.1) is 32.1 Å². The number of phenols is 1. The molecule has 4 aromatic rings. The van der Waals surface area contributed by atoms with E-state index in [0.717, 1.165) is 0 Å². The second-order valence-corrected chi connectivity index (χ2v) is 7.18. The molecule has 0 aliphatic heterocycles. The van der Waals surface area contributed by atoms with Crippen molar-refractivity contribution in [2.75, 3.05) is 0 Å². The summed E-state index contributed by atoms with van der Waals surface area (Å²) in [6.45, 7) is 5.02. The van der Waals surface area contributed by atoms with Crippen LogP contribution in [0.25, 0.3) is 33.4 Å². The highest BCUT2D eigenvalue weighted by molar-refractivity contribution is 5.98. The second-order valence-electron chi connectivity index (χ2n) is 7.18. The molecule has 0 aliphatic rings. The van der Waals surface area contributed by atoms with Crippen LogP contribution >= 0.6 is 0 Å². The number of alkyl halides is 3. The number of hydrogen-bond acceptors (Lipinski definition) is 5. The number of hydrogen-bond donors (Lipinski definition) is 2. The predicted molar refractivity (Wildman–Crippen MR) is 108 cm³/mol. The summed E-state index contributed by atoms with van der Waals surface area (Å²) in [6.07, 6.45) is -0.841. The smallest absolute Gasteiger partial charge is 0.419 e. The molecule has 0 amide bonds. The quantitative estimate of drug-likeness (QED) is 0.461. The Hall–Kier alpha value is -3.93. The van der Waals surface area contributed by atoms with Crippen LogP contribution in [-0.2, 0) is 6.18 Å². The lowest BCUT2D eigenvalue weighted by atomic mass is 9.91. The minimum atomic E-state index is -4.77. The van der Waals surface area contributed by atoms with Gasteiger partial charge in [0.2, 0.25) is 0 Å². The van der Waals surface area contributed by atoms with Crippen molar-refractivity contribution < 1.29 is 18.3 Å². The van der Waals surface area contributed by atoms with Crippen molar-refractivity contribution in [1.29, 1.82) is 5.26 Å². The number of aryl methyl sites for hydroxylation is 2. The zero-order chi connectivity index (χ0) is 22.5. The summed E-state index contributed by atoms with van der Waals surface area (Å²) in [4.78, 5) is 14.8. The fourth-order valence-corrected chi connectivity index (χ4v) is 3.73. The number of pyridine rings is 1. The topological polar surface area (TPSA) is 98.5 Å². The number of aromatic hydroxyl groups is 1. The Labute approximate surface area is 175 Å². The van der Waals surface area contributed by atoms with E-state index >= 15 is 0 Å². The van der Waals surface area contributed by atoms with Gasteiger partial charge >= 0.3 is 6.18 Å². The number of benzene rings is 1. The van der Waals surface area contributed by atoms with Crippen molar-refractivity contribution in [2.45, 2.75) is 26.9 Å². The molecule has 1 aromatic carbocycles. The molecule has 6 nitrogen and oxygen atoms in total. The van der Waals surface area contributed by atoms with Gasteiger partial charge in [0.05, 0.1) is 22.2 Å². The number of H-pyrrole nitrogens is 1. The molecular formula is C22H16F3N5O. The zero-order valence-corrected chi connectivity index (χ0v) is 16.8. The summed E-state index contributed by atoms with van der Waals surface area (Å²) >= 11 is 0. The van der Waals surface area contributed by atoms with E-state index in [4.69, 9.17) is 0 Å². The van der Waals surface area contributed by atoms with Crippen molar-refractivity contribution in [3.63, 3.8) is 0 Å². The number of fused-ring (bicyclic) bond motifs is 1. The predicted octanol–water partition coefficient (Wildman–Crippen LogP) is 5.21. The molecule has 3 aromatic heterocycles. The third kappa shape index (κ3) is 3.26. The third-order valence-corrected chi connectivity index (χ3v) is 5.20. The molecule has 156 valence electrons. The number of nitrogens with zero attached hydrogens (tertiary/aromatic N) is 4. The number of nitriles is 1. The van der Waals surface area contributed by atoms with E-state index in [2.05, 4.69) is 19.9 Å². The maximum Gasteiger partial charge on any atom is 0.419 e. The first-order valence-electron chi connectivity index (χ1n) is 9.24. The van der Waals surface area contributed by atoms with Gasteiger partial charge in [0, 0.05) is 29.7 Å². The Bertz CT molecular complexity index is 1370. The molecule has 0 aliphatic carbocycles. The number of nitrogens with one attached hydrogen (secondary N) is 1. The molecule has 0 unspecified atom stereocenters.